The van der Waals surface area contributed by atoms with Gasteiger partial charge in [0.25, 0.3) is 0 Å². The fourth-order valence-electron chi connectivity index (χ4n) is 4.07. The molecule has 2 aliphatic rings. The summed E-state index contributed by atoms with van der Waals surface area (Å²) in [4.78, 5) is 30.7. The quantitative estimate of drug-likeness (QED) is 0.733. The number of benzene rings is 1. The number of hydrogen-bond acceptors (Lipinski definition) is 6. The number of pyridine rings is 1. The number of ether oxygens (including phenoxy) is 2. The van der Waals surface area contributed by atoms with Gasteiger partial charge < -0.3 is 24.8 Å². The minimum Gasteiger partial charge on any atom is -0.394 e. The number of aliphatic hydroxyl groups excluding tert-OH is 1. The van der Waals surface area contributed by atoms with Crippen LogP contribution in [0.5, 0.6) is 0 Å². The highest BCUT2D eigenvalue weighted by Crippen LogP contribution is 2.31. The summed E-state index contributed by atoms with van der Waals surface area (Å²) in [6, 6.07) is 10.6. The number of amides is 2. The molecule has 0 bridgehead atoms. The molecular weight excluding hydrogens is 398 g/mol. The average molecular weight is 425 g/mol. The molecular formula is C23H27N3O5. The number of hydrogen-bond donors (Lipinski definition) is 2. The van der Waals surface area contributed by atoms with Gasteiger partial charge in [-0.05, 0) is 42.2 Å². The standard InChI is InChI=1S/C23H27N3O5/c27-14-20-22(31-15-21(28)26(20)13-16-2-1-9-24-12-16)17-3-5-19(6-4-17)25-23(29)18-7-10-30-11-8-18/h1-6,9,12,18,20,22,27H,7-8,10-11,13-15H2,(H,25,29)/t20-,22-/m1/s1. The van der Waals surface area contributed by atoms with Gasteiger partial charge in [0.15, 0.2) is 0 Å². The van der Waals surface area contributed by atoms with Crippen LogP contribution in [-0.2, 0) is 25.6 Å². The zero-order valence-electron chi connectivity index (χ0n) is 17.3. The lowest BCUT2D eigenvalue weighted by molar-refractivity contribution is -0.162. The zero-order chi connectivity index (χ0) is 21.6. The van der Waals surface area contributed by atoms with E-state index >= 15 is 0 Å². The maximum absolute atomic E-state index is 12.5. The maximum Gasteiger partial charge on any atom is 0.249 e. The summed E-state index contributed by atoms with van der Waals surface area (Å²) in [7, 11) is 0. The molecule has 0 spiro atoms. The molecule has 2 N–H and O–H groups in total. The van der Waals surface area contributed by atoms with E-state index in [2.05, 4.69) is 10.3 Å². The number of nitrogens with zero attached hydrogens (tertiary/aromatic N) is 2. The number of anilines is 1. The minimum absolute atomic E-state index is 0.00597. The third kappa shape index (κ3) is 5.10. The van der Waals surface area contributed by atoms with Gasteiger partial charge >= 0.3 is 0 Å². The summed E-state index contributed by atoms with van der Waals surface area (Å²) in [5.41, 5.74) is 2.44. The van der Waals surface area contributed by atoms with Crippen LogP contribution in [0.25, 0.3) is 0 Å². The summed E-state index contributed by atoms with van der Waals surface area (Å²) in [5.74, 6) is -0.188. The first-order valence-corrected chi connectivity index (χ1v) is 10.5. The minimum atomic E-state index is -0.510. The van der Waals surface area contributed by atoms with Gasteiger partial charge in [0, 0.05) is 43.8 Å². The van der Waals surface area contributed by atoms with Gasteiger partial charge in [0.1, 0.15) is 12.7 Å². The first kappa shape index (κ1) is 21.4. The lowest BCUT2D eigenvalue weighted by atomic mass is 9.98. The summed E-state index contributed by atoms with van der Waals surface area (Å²) in [5, 5.41) is 13.0. The molecule has 1 aromatic carbocycles. The van der Waals surface area contributed by atoms with Crippen LogP contribution in [-0.4, -0.2) is 59.3 Å². The maximum atomic E-state index is 12.5. The molecule has 8 heteroatoms. The summed E-state index contributed by atoms with van der Waals surface area (Å²) < 4.78 is 11.1. The Kier molecular flexibility index (Phi) is 6.91. The molecule has 2 saturated heterocycles. The number of aliphatic hydroxyl groups is 1. The molecule has 2 atom stereocenters. The van der Waals surface area contributed by atoms with E-state index < -0.39 is 12.1 Å². The lowest BCUT2D eigenvalue weighted by Crippen LogP contribution is -2.52. The van der Waals surface area contributed by atoms with Crippen LogP contribution >= 0.6 is 0 Å². The summed E-state index contributed by atoms with van der Waals surface area (Å²) in [6.07, 6.45) is 4.40. The number of carbonyl (C=O) groups is 2. The summed E-state index contributed by atoms with van der Waals surface area (Å²) >= 11 is 0. The predicted octanol–water partition coefficient (Wildman–Crippen LogP) is 1.91. The number of aromatic nitrogens is 1. The van der Waals surface area contributed by atoms with Crippen LogP contribution < -0.4 is 5.32 Å². The molecule has 0 radical (unpaired) electrons. The number of nitrogens with one attached hydrogen (secondary N) is 1. The molecule has 4 rings (SSSR count). The van der Waals surface area contributed by atoms with Crippen molar-refractivity contribution in [3.63, 3.8) is 0 Å². The Hall–Kier alpha value is -2.81. The van der Waals surface area contributed by atoms with E-state index in [-0.39, 0.29) is 30.9 Å². The highest BCUT2D eigenvalue weighted by atomic mass is 16.5. The second-order valence-electron chi connectivity index (χ2n) is 7.86. The number of carbonyl (C=O) groups excluding carboxylic acids is 2. The van der Waals surface area contributed by atoms with Crippen molar-refractivity contribution in [1.29, 1.82) is 0 Å². The second kappa shape index (κ2) is 10.00. The molecule has 164 valence electrons. The van der Waals surface area contributed by atoms with Crippen LogP contribution in [0.4, 0.5) is 5.69 Å². The van der Waals surface area contributed by atoms with E-state index in [9.17, 15) is 14.7 Å². The smallest absolute Gasteiger partial charge is 0.249 e. The van der Waals surface area contributed by atoms with E-state index in [1.165, 1.54) is 0 Å². The van der Waals surface area contributed by atoms with Crippen molar-refractivity contribution in [3.8, 4) is 0 Å². The third-order valence-electron chi connectivity index (χ3n) is 5.82. The Labute approximate surface area is 181 Å². The van der Waals surface area contributed by atoms with Crippen molar-refractivity contribution in [2.45, 2.75) is 31.5 Å². The molecule has 2 aliphatic heterocycles. The largest absolute Gasteiger partial charge is 0.394 e. The summed E-state index contributed by atoms with van der Waals surface area (Å²) in [6.45, 7) is 1.32. The normalized spacial score (nSPS) is 22.4. The van der Waals surface area contributed by atoms with Gasteiger partial charge in [-0.1, -0.05) is 18.2 Å². The van der Waals surface area contributed by atoms with E-state index in [4.69, 9.17) is 9.47 Å². The third-order valence-corrected chi connectivity index (χ3v) is 5.82. The molecule has 3 heterocycles. The van der Waals surface area contributed by atoms with Crippen LogP contribution in [0.2, 0.25) is 0 Å². The highest BCUT2D eigenvalue weighted by molar-refractivity contribution is 5.92. The van der Waals surface area contributed by atoms with Crippen molar-refractivity contribution >= 4 is 17.5 Å². The van der Waals surface area contributed by atoms with E-state index in [0.29, 0.717) is 25.4 Å². The Morgan fingerprint density at radius 1 is 1.19 bits per heavy atom. The topological polar surface area (TPSA) is 101 Å². The Bertz CT molecular complexity index is 884. The van der Waals surface area contributed by atoms with Gasteiger partial charge in [-0.15, -0.1) is 0 Å². The highest BCUT2D eigenvalue weighted by Gasteiger charge is 2.37. The average Bonchev–Trinajstić information content (AvgIpc) is 2.82. The fraction of sp³-hybridized carbons (Fsp3) is 0.435. The molecule has 31 heavy (non-hydrogen) atoms. The zero-order valence-corrected chi connectivity index (χ0v) is 17.3. The number of morpholine rings is 1. The predicted molar refractivity (Wildman–Crippen MR) is 113 cm³/mol. The van der Waals surface area contributed by atoms with Gasteiger partial charge in [-0.2, -0.15) is 0 Å². The van der Waals surface area contributed by atoms with Crippen molar-refractivity contribution in [2.24, 2.45) is 5.92 Å². The van der Waals surface area contributed by atoms with Gasteiger partial charge in [0.05, 0.1) is 12.6 Å². The van der Waals surface area contributed by atoms with Gasteiger partial charge in [-0.3, -0.25) is 14.6 Å². The second-order valence-corrected chi connectivity index (χ2v) is 7.86. The van der Waals surface area contributed by atoms with Crippen LogP contribution in [0.3, 0.4) is 0 Å². The molecule has 2 fully saturated rings. The van der Waals surface area contributed by atoms with E-state index in [1.54, 1.807) is 17.3 Å². The molecule has 2 amide bonds. The SMILES string of the molecule is O=C(Nc1ccc([C@H]2OCC(=O)N(Cc3cccnc3)[C@@H]2CO)cc1)C1CCOCC1. The van der Waals surface area contributed by atoms with Crippen LogP contribution in [0, 0.1) is 5.92 Å². The Balaban J connectivity index is 1.45. The molecule has 0 aliphatic carbocycles. The fourth-order valence-corrected chi connectivity index (χ4v) is 4.07. The van der Waals surface area contributed by atoms with Crippen LogP contribution in [0.1, 0.15) is 30.1 Å². The first-order valence-electron chi connectivity index (χ1n) is 10.5. The molecule has 2 aromatic rings. The van der Waals surface area contributed by atoms with E-state index in [0.717, 1.165) is 24.0 Å². The Morgan fingerprint density at radius 3 is 2.65 bits per heavy atom. The van der Waals surface area contributed by atoms with E-state index in [1.807, 2.05) is 36.4 Å². The molecule has 0 saturated carbocycles. The van der Waals surface area contributed by atoms with Crippen LogP contribution in [0.15, 0.2) is 48.8 Å². The monoisotopic (exact) mass is 425 g/mol. The van der Waals surface area contributed by atoms with Crippen molar-refractivity contribution < 1.29 is 24.2 Å². The van der Waals surface area contributed by atoms with Crippen molar-refractivity contribution in [3.05, 3.63) is 59.9 Å². The van der Waals surface area contributed by atoms with Crippen molar-refractivity contribution in [2.75, 3.05) is 31.7 Å². The Morgan fingerprint density at radius 2 is 1.97 bits per heavy atom. The van der Waals surface area contributed by atoms with Gasteiger partial charge in [-0.25, -0.2) is 0 Å². The van der Waals surface area contributed by atoms with Gasteiger partial charge in [0.2, 0.25) is 11.8 Å². The molecule has 0 unspecified atom stereocenters. The number of rotatable bonds is 6. The first-order chi connectivity index (χ1) is 15.2. The lowest BCUT2D eigenvalue weighted by Gasteiger charge is -2.40. The molecule has 8 nitrogen and oxygen atoms in total. The molecule has 1 aromatic heterocycles. The van der Waals surface area contributed by atoms with Crippen molar-refractivity contribution in [1.82, 2.24) is 9.88 Å².